The van der Waals surface area contributed by atoms with Crippen LogP contribution in [-0.4, -0.2) is 5.43 Å². The van der Waals surface area contributed by atoms with Crippen molar-refractivity contribution in [3.8, 4) is 0 Å². The van der Waals surface area contributed by atoms with Crippen LogP contribution in [0.3, 0.4) is 0 Å². The number of rotatable bonds is 2. The molecule has 0 amide bonds. The van der Waals surface area contributed by atoms with E-state index in [1.54, 1.807) is 22.3 Å². The molecule has 4 aromatic rings. The summed E-state index contributed by atoms with van der Waals surface area (Å²) in [6.45, 7) is 0. The van der Waals surface area contributed by atoms with Crippen molar-refractivity contribution in [3.63, 3.8) is 0 Å². The van der Waals surface area contributed by atoms with Gasteiger partial charge in [0.15, 0.2) is 0 Å². The van der Waals surface area contributed by atoms with Gasteiger partial charge in [0.2, 0.25) is 0 Å². The molecule has 0 N–H and O–H groups in total. The summed E-state index contributed by atoms with van der Waals surface area (Å²) in [6.07, 6.45) is 10.9. The molecule has 176 valence electrons. The molecule has 0 aliphatic heterocycles. The third kappa shape index (κ3) is 7.41. The van der Waals surface area contributed by atoms with E-state index in [0.29, 0.717) is 0 Å². The molecule has 0 aromatic heterocycles. The molecule has 34 heavy (non-hydrogen) atoms. The van der Waals surface area contributed by atoms with Crippen molar-refractivity contribution in [3.05, 3.63) is 119 Å². The van der Waals surface area contributed by atoms with Crippen molar-refractivity contribution >= 4 is 32.8 Å². The van der Waals surface area contributed by atoms with Gasteiger partial charge in [0.25, 0.3) is 0 Å². The van der Waals surface area contributed by atoms with Gasteiger partial charge in [-0.25, -0.2) is 12.1 Å². The summed E-state index contributed by atoms with van der Waals surface area (Å²) in [6, 6.07) is 34.3. The minimum atomic E-state index is -2.26. The quantitative estimate of drug-likeness (QED) is 0.172. The first-order valence-corrected chi connectivity index (χ1v) is 23.9. The SMILES string of the molecule is [Cl][Zr]([Cl])=[Si](c1ccccc1)c1ccccc1.c1cc2c([cH-]1)CCCC2.c1cc2c([cH-]1)CCCC2. The van der Waals surface area contributed by atoms with Crippen LogP contribution in [0.1, 0.15) is 47.9 Å². The minimum Gasteiger partial charge on any atom is -0.210 e. The number of benzene rings is 2. The third-order valence-electron chi connectivity index (χ3n) is 6.61. The van der Waals surface area contributed by atoms with Gasteiger partial charge in [0, 0.05) is 0 Å². The molecule has 0 fully saturated rings. The third-order valence-corrected chi connectivity index (χ3v) is 22.6. The number of halogens is 2. The number of fused-ring (bicyclic) bond motifs is 2. The van der Waals surface area contributed by atoms with E-state index < -0.39 is 23.4 Å². The summed E-state index contributed by atoms with van der Waals surface area (Å²) in [5.41, 5.74) is 5.50. The van der Waals surface area contributed by atoms with Crippen molar-refractivity contribution in [2.75, 3.05) is 0 Å². The standard InChI is InChI=1S/C12H10Si.2C9H11.2ClH.Zr/c1-3-7-11(8-4-1)13-12-9-5-2-6-10-12;2*1-2-5-9-7-3-6-8(9)4-1;;;/h1-10H;2*3,6-7H,1-2,4-5H2;2*1H;/q;2*-1;;;+2/p-2. The molecule has 2 aliphatic rings. The Hall–Kier alpha value is -1.18. The molecular weight excluding hydrogens is 551 g/mol. The molecule has 0 radical (unpaired) electrons. The van der Waals surface area contributed by atoms with E-state index in [1.807, 2.05) is 12.1 Å². The Balaban J connectivity index is 0.000000129. The molecule has 0 bridgehead atoms. The summed E-state index contributed by atoms with van der Waals surface area (Å²) >= 11 is -2.26. The zero-order valence-electron chi connectivity index (χ0n) is 19.7. The second-order valence-corrected chi connectivity index (χ2v) is 28.1. The van der Waals surface area contributed by atoms with Gasteiger partial charge in [0.1, 0.15) is 0 Å². The average Bonchev–Trinajstić information content (AvgIpc) is 3.56. The van der Waals surface area contributed by atoms with Gasteiger partial charge in [-0.15, -0.1) is 0 Å². The van der Waals surface area contributed by atoms with Gasteiger partial charge in [-0.1, -0.05) is 51.4 Å². The molecule has 0 spiro atoms. The largest absolute Gasteiger partial charge is 0.210 e. The van der Waals surface area contributed by atoms with E-state index in [-0.39, 0.29) is 0 Å². The molecule has 4 heteroatoms. The topological polar surface area (TPSA) is 0 Å². The summed E-state index contributed by atoms with van der Waals surface area (Å²) in [5, 5.41) is 2.66. The second kappa shape index (κ2) is 13.8. The fraction of sp³-hybridized carbons (Fsp3) is 0.267. The Bertz CT molecular complexity index is 1040. The van der Waals surface area contributed by atoms with Crippen LogP contribution in [0.5, 0.6) is 0 Å². The Morgan fingerprint density at radius 2 is 0.971 bits per heavy atom. The predicted octanol–water partition coefficient (Wildman–Crippen LogP) is 7.29. The van der Waals surface area contributed by atoms with E-state index in [4.69, 9.17) is 17.0 Å². The number of hydrogen-bond acceptors (Lipinski definition) is 0. The first kappa shape index (κ1) is 25.9. The van der Waals surface area contributed by atoms with Crippen LogP contribution in [0.25, 0.3) is 0 Å². The van der Waals surface area contributed by atoms with E-state index in [2.05, 4.69) is 84.9 Å². The van der Waals surface area contributed by atoms with Crippen molar-refractivity contribution in [1.29, 1.82) is 0 Å². The van der Waals surface area contributed by atoms with Crippen LogP contribution >= 0.6 is 17.0 Å². The minimum absolute atomic E-state index is 0.889. The Kier molecular flexibility index (Phi) is 10.5. The van der Waals surface area contributed by atoms with Crippen molar-refractivity contribution in [1.82, 2.24) is 0 Å². The second-order valence-electron chi connectivity index (χ2n) is 8.93. The zero-order valence-corrected chi connectivity index (χ0v) is 24.6. The van der Waals surface area contributed by atoms with Gasteiger partial charge in [-0.3, -0.25) is 0 Å². The number of hydrogen-bond donors (Lipinski definition) is 0. The zero-order chi connectivity index (χ0) is 23.6. The van der Waals surface area contributed by atoms with Gasteiger partial charge in [-0.05, 0) is 0 Å². The smallest absolute Gasteiger partial charge is 0.0512 e. The van der Waals surface area contributed by atoms with Gasteiger partial charge in [-0.2, -0.15) is 46.5 Å². The molecule has 0 atom stereocenters. The number of aryl methyl sites for hydroxylation is 4. The maximum Gasteiger partial charge on any atom is -0.0512 e. The van der Waals surface area contributed by atoms with Crippen molar-refractivity contribution in [2.45, 2.75) is 51.4 Å². The first-order valence-electron chi connectivity index (χ1n) is 12.4. The van der Waals surface area contributed by atoms with E-state index in [0.717, 1.165) is 0 Å². The van der Waals surface area contributed by atoms with Crippen LogP contribution in [0.4, 0.5) is 0 Å². The summed E-state index contributed by atoms with van der Waals surface area (Å²) < 4.78 is 0. The molecule has 0 saturated heterocycles. The fourth-order valence-electron chi connectivity index (χ4n) is 4.82. The monoisotopic (exact) mass is 580 g/mol. The average molecular weight is 583 g/mol. The normalized spacial score (nSPS) is 13.8. The van der Waals surface area contributed by atoms with Gasteiger partial charge < -0.3 is 0 Å². The van der Waals surface area contributed by atoms with E-state index in [9.17, 15) is 0 Å². The van der Waals surface area contributed by atoms with Crippen molar-refractivity contribution < 1.29 is 18.0 Å². The maximum atomic E-state index is 6.32. The maximum absolute atomic E-state index is 6.32. The Labute approximate surface area is 220 Å². The van der Waals surface area contributed by atoms with Crippen LogP contribution in [0.15, 0.2) is 97.1 Å². The summed E-state index contributed by atoms with van der Waals surface area (Å²) in [7, 11) is 12.6. The van der Waals surface area contributed by atoms with Crippen molar-refractivity contribution in [2.24, 2.45) is 0 Å². The first-order chi connectivity index (χ1) is 16.7. The molecule has 0 unspecified atom stereocenters. The van der Waals surface area contributed by atoms with E-state index >= 15 is 0 Å². The van der Waals surface area contributed by atoms with Crippen LogP contribution in [0, 0.1) is 0 Å². The van der Waals surface area contributed by atoms with E-state index in [1.165, 1.54) is 61.7 Å². The molecule has 2 aliphatic carbocycles. The van der Waals surface area contributed by atoms with Gasteiger partial charge in [0.05, 0.1) is 0 Å². The van der Waals surface area contributed by atoms with Gasteiger partial charge >= 0.3 is 111 Å². The fourth-order valence-corrected chi connectivity index (χ4v) is 20.1. The van der Waals surface area contributed by atoms with Crippen LogP contribution in [-0.2, 0) is 43.7 Å². The Morgan fingerprint density at radius 1 is 0.559 bits per heavy atom. The predicted molar refractivity (Wildman–Crippen MR) is 147 cm³/mol. The molecule has 6 rings (SSSR count). The molecule has 0 heterocycles. The molecule has 4 aromatic carbocycles. The molecule has 0 saturated carbocycles. The molecule has 0 nitrogen and oxygen atoms in total. The Morgan fingerprint density at radius 3 is 1.35 bits per heavy atom. The molecular formula is C30H32Cl2SiZr-2. The van der Waals surface area contributed by atoms with Crippen LogP contribution in [0.2, 0.25) is 0 Å². The summed E-state index contributed by atoms with van der Waals surface area (Å²) in [5.74, 6) is 0. The summed E-state index contributed by atoms with van der Waals surface area (Å²) in [4.78, 5) is 0. The van der Waals surface area contributed by atoms with Crippen LogP contribution < -0.4 is 10.4 Å².